The van der Waals surface area contributed by atoms with Crippen LogP contribution in [0.5, 0.6) is 0 Å². The van der Waals surface area contributed by atoms with Gasteiger partial charge in [0, 0.05) is 25.4 Å². The zero-order valence-corrected chi connectivity index (χ0v) is 9.71. The number of aromatic nitrogens is 2. The first-order valence-electron chi connectivity index (χ1n) is 5.81. The minimum Gasteiger partial charge on any atom is -0.337 e. The highest BCUT2D eigenvalue weighted by atomic mass is 19.4. The first-order valence-corrected chi connectivity index (χ1v) is 5.81. The van der Waals surface area contributed by atoms with Crippen molar-refractivity contribution in [3.05, 3.63) is 18.7 Å². The fourth-order valence-electron chi connectivity index (χ4n) is 1.51. The predicted octanol–water partition coefficient (Wildman–Crippen LogP) is 2.60. The van der Waals surface area contributed by atoms with Crippen LogP contribution >= 0.6 is 0 Å². The number of imidazole rings is 1. The van der Waals surface area contributed by atoms with Crippen molar-refractivity contribution in [1.82, 2.24) is 14.9 Å². The van der Waals surface area contributed by atoms with E-state index in [9.17, 15) is 13.2 Å². The highest BCUT2D eigenvalue weighted by Crippen LogP contribution is 2.21. The number of hydrogen-bond donors (Lipinski definition) is 1. The number of unbranched alkanes of at least 4 members (excludes halogenated alkanes) is 1. The molecular weight excluding hydrogens is 231 g/mol. The molecule has 0 unspecified atom stereocenters. The van der Waals surface area contributed by atoms with Gasteiger partial charge in [-0.05, 0) is 32.4 Å². The Morgan fingerprint density at radius 1 is 1.12 bits per heavy atom. The molecule has 0 aromatic carbocycles. The van der Waals surface area contributed by atoms with Crippen molar-refractivity contribution in [3.8, 4) is 0 Å². The summed E-state index contributed by atoms with van der Waals surface area (Å²) in [7, 11) is 0. The summed E-state index contributed by atoms with van der Waals surface area (Å²) >= 11 is 0. The number of rotatable bonds is 8. The number of hydrogen-bond acceptors (Lipinski definition) is 2. The van der Waals surface area contributed by atoms with Crippen LogP contribution in [-0.4, -0.2) is 28.8 Å². The zero-order valence-electron chi connectivity index (χ0n) is 9.71. The molecule has 0 saturated heterocycles. The molecule has 1 aromatic heterocycles. The molecule has 1 N–H and O–H groups in total. The van der Waals surface area contributed by atoms with Crippen LogP contribution in [0.4, 0.5) is 13.2 Å². The van der Waals surface area contributed by atoms with E-state index in [1.807, 2.05) is 10.8 Å². The van der Waals surface area contributed by atoms with Crippen LogP contribution in [0, 0.1) is 0 Å². The molecule has 3 nitrogen and oxygen atoms in total. The predicted molar refractivity (Wildman–Crippen MR) is 59.6 cm³/mol. The summed E-state index contributed by atoms with van der Waals surface area (Å²) in [6.07, 6.45) is 2.42. The smallest absolute Gasteiger partial charge is 0.337 e. The van der Waals surface area contributed by atoms with E-state index in [0.717, 1.165) is 19.5 Å². The summed E-state index contributed by atoms with van der Waals surface area (Å²) in [5.41, 5.74) is 0. The van der Waals surface area contributed by atoms with Crippen LogP contribution in [-0.2, 0) is 6.54 Å². The molecule has 0 saturated carbocycles. The van der Waals surface area contributed by atoms with E-state index >= 15 is 0 Å². The summed E-state index contributed by atoms with van der Waals surface area (Å²) in [5, 5.41) is 3.13. The normalized spacial score (nSPS) is 11.9. The Hall–Kier alpha value is -1.04. The van der Waals surface area contributed by atoms with Crippen LogP contribution in [0.25, 0.3) is 0 Å². The topological polar surface area (TPSA) is 29.9 Å². The fourth-order valence-corrected chi connectivity index (χ4v) is 1.51. The number of alkyl halides is 3. The monoisotopic (exact) mass is 249 g/mol. The lowest BCUT2D eigenvalue weighted by Gasteiger charge is -2.07. The lowest BCUT2D eigenvalue weighted by atomic mass is 10.2. The van der Waals surface area contributed by atoms with E-state index in [1.54, 1.807) is 12.5 Å². The third-order valence-electron chi connectivity index (χ3n) is 2.39. The lowest BCUT2D eigenvalue weighted by molar-refractivity contribution is -0.135. The first-order chi connectivity index (χ1) is 8.08. The average Bonchev–Trinajstić information content (AvgIpc) is 2.73. The molecule has 1 rings (SSSR count). The maximum Gasteiger partial charge on any atom is 0.389 e. The SMILES string of the molecule is FC(F)(F)CCCCNCCCn1ccnc1. The van der Waals surface area contributed by atoms with Gasteiger partial charge in [0.15, 0.2) is 0 Å². The summed E-state index contributed by atoms with van der Waals surface area (Å²) in [6, 6.07) is 0. The molecule has 0 atom stereocenters. The Kier molecular flexibility index (Phi) is 6.04. The lowest BCUT2D eigenvalue weighted by Crippen LogP contribution is -2.18. The maximum absolute atomic E-state index is 11.8. The molecule has 0 aliphatic rings. The molecule has 0 aliphatic heterocycles. The molecule has 0 aliphatic carbocycles. The highest BCUT2D eigenvalue weighted by Gasteiger charge is 2.25. The van der Waals surface area contributed by atoms with Crippen molar-refractivity contribution in [2.45, 2.75) is 38.4 Å². The molecule has 1 aromatic rings. The van der Waals surface area contributed by atoms with Crippen molar-refractivity contribution in [3.63, 3.8) is 0 Å². The minimum atomic E-state index is -4.01. The first kappa shape index (κ1) is 14.0. The van der Waals surface area contributed by atoms with E-state index in [2.05, 4.69) is 10.3 Å². The highest BCUT2D eigenvalue weighted by molar-refractivity contribution is 4.73. The van der Waals surface area contributed by atoms with Gasteiger partial charge in [-0.1, -0.05) is 0 Å². The van der Waals surface area contributed by atoms with Crippen LogP contribution in [0.1, 0.15) is 25.7 Å². The quantitative estimate of drug-likeness (QED) is 0.718. The molecule has 98 valence electrons. The van der Waals surface area contributed by atoms with E-state index < -0.39 is 12.6 Å². The molecular formula is C11H18F3N3. The van der Waals surface area contributed by atoms with E-state index in [1.165, 1.54) is 0 Å². The molecule has 1 heterocycles. The van der Waals surface area contributed by atoms with Gasteiger partial charge >= 0.3 is 6.18 Å². The van der Waals surface area contributed by atoms with Crippen LogP contribution < -0.4 is 5.32 Å². The summed E-state index contributed by atoms with van der Waals surface area (Å²) in [6.45, 7) is 2.36. The minimum absolute atomic E-state index is 0.206. The molecule has 0 amide bonds. The van der Waals surface area contributed by atoms with Gasteiger partial charge in [0.1, 0.15) is 0 Å². The molecule has 0 bridgehead atoms. The second kappa shape index (κ2) is 7.32. The van der Waals surface area contributed by atoms with Crippen molar-refractivity contribution < 1.29 is 13.2 Å². The number of aryl methyl sites for hydroxylation is 1. The third kappa shape index (κ3) is 7.79. The van der Waals surface area contributed by atoms with Crippen LogP contribution in [0.2, 0.25) is 0 Å². The van der Waals surface area contributed by atoms with E-state index in [0.29, 0.717) is 13.0 Å². The molecule has 0 fully saturated rings. The van der Waals surface area contributed by atoms with Gasteiger partial charge in [0.05, 0.1) is 6.33 Å². The Morgan fingerprint density at radius 2 is 1.88 bits per heavy atom. The summed E-state index contributed by atoms with van der Waals surface area (Å²) in [4.78, 5) is 3.92. The number of nitrogens with zero attached hydrogens (tertiary/aromatic N) is 2. The van der Waals surface area contributed by atoms with Crippen molar-refractivity contribution in [2.24, 2.45) is 0 Å². The van der Waals surface area contributed by atoms with Crippen LogP contribution in [0.3, 0.4) is 0 Å². The van der Waals surface area contributed by atoms with Gasteiger partial charge in [0.25, 0.3) is 0 Å². The second-order valence-electron chi connectivity index (χ2n) is 3.98. The number of nitrogens with one attached hydrogen (secondary N) is 1. The van der Waals surface area contributed by atoms with Crippen LogP contribution in [0.15, 0.2) is 18.7 Å². The Bertz CT molecular complexity index is 283. The standard InChI is InChI=1S/C11H18F3N3/c12-11(13,14)4-1-2-5-15-6-3-8-17-9-7-16-10-17/h7,9-10,15H,1-6,8H2. The maximum atomic E-state index is 11.8. The summed E-state index contributed by atoms with van der Waals surface area (Å²) < 4.78 is 37.4. The van der Waals surface area contributed by atoms with Gasteiger partial charge in [0.2, 0.25) is 0 Å². The second-order valence-corrected chi connectivity index (χ2v) is 3.98. The fraction of sp³-hybridized carbons (Fsp3) is 0.727. The largest absolute Gasteiger partial charge is 0.389 e. The van der Waals surface area contributed by atoms with Crippen molar-refractivity contribution in [1.29, 1.82) is 0 Å². The molecule has 0 radical (unpaired) electrons. The van der Waals surface area contributed by atoms with E-state index in [4.69, 9.17) is 0 Å². The summed E-state index contributed by atoms with van der Waals surface area (Å²) in [5.74, 6) is 0. The van der Waals surface area contributed by atoms with Gasteiger partial charge in [-0.3, -0.25) is 0 Å². The third-order valence-corrected chi connectivity index (χ3v) is 2.39. The molecule has 17 heavy (non-hydrogen) atoms. The average molecular weight is 249 g/mol. The molecule has 6 heteroatoms. The van der Waals surface area contributed by atoms with Gasteiger partial charge in [-0.15, -0.1) is 0 Å². The Morgan fingerprint density at radius 3 is 2.53 bits per heavy atom. The number of halogens is 3. The van der Waals surface area contributed by atoms with Gasteiger partial charge in [-0.2, -0.15) is 13.2 Å². The Balaban J connectivity index is 1.85. The molecule has 0 spiro atoms. The van der Waals surface area contributed by atoms with Crippen molar-refractivity contribution in [2.75, 3.05) is 13.1 Å². The van der Waals surface area contributed by atoms with Gasteiger partial charge in [-0.25, -0.2) is 4.98 Å². The van der Waals surface area contributed by atoms with E-state index in [-0.39, 0.29) is 6.42 Å². The zero-order chi connectivity index (χ0) is 12.6. The van der Waals surface area contributed by atoms with Crippen molar-refractivity contribution >= 4 is 0 Å². The van der Waals surface area contributed by atoms with Gasteiger partial charge < -0.3 is 9.88 Å². The Labute approximate surface area is 99.0 Å².